The van der Waals surface area contributed by atoms with E-state index < -0.39 is 0 Å². The maximum atomic E-state index is 12.6. The number of aryl methyl sites for hydroxylation is 2. The Bertz CT molecular complexity index is 982. The Balaban J connectivity index is 1.52. The molecule has 4 rings (SSSR count). The number of rotatable bonds is 5. The molecule has 0 saturated heterocycles. The third-order valence-electron chi connectivity index (χ3n) is 4.29. The normalized spacial score (nSPS) is 12.8. The maximum Gasteiger partial charge on any atom is 0.214 e. The highest BCUT2D eigenvalue weighted by Crippen LogP contribution is 2.31. The van der Waals surface area contributed by atoms with Gasteiger partial charge in [-0.3, -0.25) is 4.79 Å². The topological polar surface area (TPSA) is 79.1 Å². The molecule has 1 aromatic heterocycles. The fraction of sp³-hybridized carbons (Fsp3) is 0.263. The maximum absolute atomic E-state index is 12.6. The summed E-state index contributed by atoms with van der Waals surface area (Å²) in [7, 11) is 0. The van der Waals surface area contributed by atoms with Gasteiger partial charge in [-0.25, -0.2) is 0 Å². The molecule has 0 aliphatic carbocycles. The standard InChI is InChI=1S/C19H18N4O3S/c1-12-4-3-5-13(2)18(12)23-19(20-21-22-23)27-11-15(24)14-6-7-16-17(10-14)26-9-8-25-16/h3-7,10H,8-9,11H2,1-2H3. The van der Waals surface area contributed by atoms with E-state index in [2.05, 4.69) is 15.5 Å². The number of benzene rings is 2. The third-order valence-corrected chi connectivity index (χ3v) is 5.21. The van der Waals surface area contributed by atoms with Crippen LogP contribution in [0.3, 0.4) is 0 Å². The molecule has 2 aromatic carbocycles. The van der Waals surface area contributed by atoms with Gasteiger partial charge in [0.05, 0.1) is 11.4 Å². The van der Waals surface area contributed by atoms with Gasteiger partial charge in [0.2, 0.25) is 5.16 Å². The Morgan fingerprint density at radius 2 is 1.85 bits per heavy atom. The minimum Gasteiger partial charge on any atom is -0.486 e. The van der Waals surface area contributed by atoms with Crippen LogP contribution >= 0.6 is 11.8 Å². The van der Waals surface area contributed by atoms with Gasteiger partial charge in [0.1, 0.15) is 13.2 Å². The zero-order valence-electron chi connectivity index (χ0n) is 15.0. The number of ketones is 1. The van der Waals surface area contributed by atoms with Crippen LogP contribution in [0.25, 0.3) is 5.69 Å². The number of hydrogen-bond acceptors (Lipinski definition) is 7. The summed E-state index contributed by atoms with van der Waals surface area (Å²) in [4.78, 5) is 12.6. The predicted molar refractivity (Wildman–Crippen MR) is 101 cm³/mol. The first-order chi connectivity index (χ1) is 13.1. The van der Waals surface area contributed by atoms with Gasteiger partial charge in [-0.1, -0.05) is 30.0 Å². The number of carbonyl (C=O) groups is 1. The Hall–Kier alpha value is -2.87. The van der Waals surface area contributed by atoms with Crippen LogP contribution in [-0.4, -0.2) is 45.0 Å². The first-order valence-electron chi connectivity index (χ1n) is 8.54. The summed E-state index contributed by atoms with van der Waals surface area (Å²) in [5.74, 6) is 1.49. The lowest BCUT2D eigenvalue weighted by molar-refractivity contribution is 0.102. The average Bonchev–Trinajstić information content (AvgIpc) is 3.13. The van der Waals surface area contributed by atoms with Crippen molar-refractivity contribution in [3.8, 4) is 17.2 Å². The van der Waals surface area contributed by atoms with Gasteiger partial charge in [-0.15, -0.1) is 5.10 Å². The van der Waals surface area contributed by atoms with Gasteiger partial charge in [-0.2, -0.15) is 4.68 Å². The monoisotopic (exact) mass is 382 g/mol. The van der Waals surface area contributed by atoms with Crippen molar-refractivity contribution < 1.29 is 14.3 Å². The van der Waals surface area contributed by atoms with Crippen molar-refractivity contribution in [3.05, 3.63) is 53.1 Å². The van der Waals surface area contributed by atoms with Gasteiger partial charge < -0.3 is 9.47 Å². The van der Waals surface area contributed by atoms with Crippen LogP contribution in [0, 0.1) is 13.8 Å². The zero-order chi connectivity index (χ0) is 18.8. The smallest absolute Gasteiger partial charge is 0.214 e. The molecule has 138 valence electrons. The van der Waals surface area contributed by atoms with Crippen LogP contribution in [0.5, 0.6) is 11.5 Å². The molecule has 3 aromatic rings. The number of nitrogens with zero attached hydrogens (tertiary/aromatic N) is 4. The summed E-state index contributed by atoms with van der Waals surface area (Å²) in [6.07, 6.45) is 0. The molecule has 0 fully saturated rings. The average molecular weight is 382 g/mol. The molecule has 1 aliphatic rings. The van der Waals surface area contributed by atoms with Crippen LogP contribution in [0.4, 0.5) is 0 Å². The molecule has 0 saturated carbocycles. The van der Waals surface area contributed by atoms with Crippen molar-refractivity contribution in [1.82, 2.24) is 20.2 Å². The molecular formula is C19H18N4O3S. The second-order valence-electron chi connectivity index (χ2n) is 6.18. The third kappa shape index (κ3) is 3.52. The highest BCUT2D eigenvalue weighted by atomic mass is 32.2. The van der Waals surface area contributed by atoms with Gasteiger partial charge in [0.25, 0.3) is 0 Å². The number of hydrogen-bond donors (Lipinski definition) is 0. The van der Waals surface area contributed by atoms with E-state index in [0.717, 1.165) is 16.8 Å². The Morgan fingerprint density at radius 3 is 2.63 bits per heavy atom. The van der Waals surface area contributed by atoms with E-state index >= 15 is 0 Å². The predicted octanol–water partition coefficient (Wildman–Crippen LogP) is 3.03. The number of carbonyl (C=O) groups excluding carboxylic acids is 1. The number of Topliss-reactive ketones (excluding diaryl/α,β-unsaturated/α-hetero) is 1. The van der Waals surface area contributed by atoms with Crippen molar-refractivity contribution in [1.29, 1.82) is 0 Å². The molecule has 7 nitrogen and oxygen atoms in total. The molecule has 27 heavy (non-hydrogen) atoms. The first-order valence-corrected chi connectivity index (χ1v) is 9.52. The van der Waals surface area contributed by atoms with E-state index in [0.29, 0.717) is 35.4 Å². The van der Waals surface area contributed by atoms with E-state index in [-0.39, 0.29) is 11.5 Å². The zero-order valence-corrected chi connectivity index (χ0v) is 15.8. The Morgan fingerprint density at radius 1 is 1.11 bits per heavy atom. The fourth-order valence-corrected chi connectivity index (χ4v) is 3.75. The molecule has 0 amide bonds. The molecule has 8 heteroatoms. The first kappa shape index (κ1) is 17.5. The minimum atomic E-state index is -0.0203. The molecule has 2 heterocycles. The van der Waals surface area contributed by atoms with E-state index in [9.17, 15) is 4.79 Å². The molecular weight excluding hydrogens is 364 g/mol. The molecule has 1 aliphatic heterocycles. The molecule has 0 atom stereocenters. The van der Waals surface area contributed by atoms with Crippen LogP contribution in [-0.2, 0) is 0 Å². The van der Waals surface area contributed by atoms with Gasteiger partial charge in [0.15, 0.2) is 17.3 Å². The van der Waals surface area contributed by atoms with Crippen LogP contribution in [0.1, 0.15) is 21.5 Å². The number of thioether (sulfide) groups is 1. The van der Waals surface area contributed by atoms with E-state index in [1.54, 1.807) is 22.9 Å². The highest BCUT2D eigenvalue weighted by molar-refractivity contribution is 7.99. The summed E-state index contributed by atoms with van der Waals surface area (Å²) >= 11 is 1.31. The molecule has 0 spiro atoms. The summed E-state index contributed by atoms with van der Waals surface area (Å²) < 4.78 is 12.7. The summed E-state index contributed by atoms with van der Waals surface area (Å²) in [5.41, 5.74) is 3.67. The fourth-order valence-electron chi connectivity index (χ4n) is 2.98. The lowest BCUT2D eigenvalue weighted by atomic mass is 10.1. The number of aromatic nitrogens is 4. The highest BCUT2D eigenvalue weighted by Gasteiger charge is 2.18. The van der Waals surface area contributed by atoms with E-state index in [1.165, 1.54) is 11.8 Å². The van der Waals surface area contributed by atoms with E-state index in [4.69, 9.17) is 9.47 Å². The van der Waals surface area contributed by atoms with E-state index in [1.807, 2.05) is 32.0 Å². The summed E-state index contributed by atoms with van der Waals surface area (Å²) in [6.45, 7) is 5.04. The number of ether oxygens (including phenoxy) is 2. The lowest BCUT2D eigenvalue weighted by Gasteiger charge is -2.18. The number of tetrazole rings is 1. The van der Waals surface area contributed by atoms with Crippen molar-refractivity contribution in [2.45, 2.75) is 19.0 Å². The molecule has 0 N–H and O–H groups in total. The largest absolute Gasteiger partial charge is 0.486 e. The van der Waals surface area contributed by atoms with Crippen LogP contribution in [0.2, 0.25) is 0 Å². The van der Waals surface area contributed by atoms with Crippen molar-refractivity contribution in [2.24, 2.45) is 0 Å². The second kappa shape index (κ2) is 7.40. The SMILES string of the molecule is Cc1cccc(C)c1-n1nnnc1SCC(=O)c1ccc2c(c1)OCCO2. The number of fused-ring (bicyclic) bond motifs is 1. The number of para-hydroxylation sites is 1. The van der Waals surface area contributed by atoms with Gasteiger partial charge in [0, 0.05) is 5.56 Å². The Kier molecular flexibility index (Phi) is 4.81. The molecule has 0 unspecified atom stereocenters. The minimum absolute atomic E-state index is 0.0203. The Labute approximate surface area is 160 Å². The summed E-state index contributed by atoms with van der Waals surface area (Å²) in [5, 5.41) is 12.5. The summed E-state index contributed by atoms with van der Waals surface area (Å²) in [6, 6.07) is 11.3. The van der Waals surface area contributed by atoms with Crippen molar-refractivity contribution in [2.75, 3.05) is 19.0 Å². The molecule has 0 radical (unpaired) electrons. The van der Waals surface area contributed by atoms with Crippen molar-refractivity contribution in [3.63, 3.8) is 0 Å². The van der Waals surface area contributed by atoms with Crippen LogP contribution < -0.4 is 9.47 Å². The second-order valence-corrected chi connectivity index (χ2v) is 7.13. The van der Waals surface area contributed by atoms with Gasteiger partial charge >= 0.3 is 0 Å². The van der Waals surface area contributed by atoms with Crippen LogP contribution in [0.15, 0.2) is 41.6 Å². The molecule has 0 bridgehead atoms. The van der Waals surface area contributed by atoms with Crippen molar-refractivity contribution >= 4 is 17.5 Å². The quantitative estimate of drug-likeness (QED) is 0.496. The lowest BCUT2D eigenvalue weighted by Crippen LogP contribution is -2.16. The van der Waals surface area contributed by atoms with Gasteiger partial charge in [-0.05, 0) is 53.6 Å².